The molecule has 3 rings (SSSR count). The Hall–Kier alpha value is -2.33. The lowest BCUT2D eigenvalue weighted by Gasteiger charge is -2.39. The number of fused-ring (bicyclic) bond motifs is 1. The number of anilines is 1. The summed E-state index contributed by atoms with van der Waals surface area (Å²) in [6.45, 7) is 6.22. The molecule has 2 aromatic heterocycles. The van der Waals surface area contributed by atoms with Gasteiger partial charge in [-0.25, -0.2) is 4.98 Å². The number of nitrogens with zero attached hydrogens (tertiary/aromatic N) is 4. The van der Waals surface area contributed by atoms with Crippen LogP contribution < -0.4 is 9.64 Å². The van der Waals surface area contributed by atoms with Crippen LogP contribution in [0.5, 0.6) is 5.88 Å². The first-order valence-electron chi connectivity index (χ1n) is 10.8. The molecular formula is C24H34N4O4S. The van der Waals surface area contributed by atoms with E-state index < -0.39 is 11.1 Å². The Bertz CT molecular complexity index is 1030. The molecule has 0 spiro atoms. The molecule has 0 aliphatic carbocycles. The van der Waals surface area contributed by atoms with Gasteiger partial charge in [-0.1, -0.05) is 30.3 Å². The number of aliphatic hydroxyl groups is 2. The normalized spacial score (nSPS) is 12.3. The van der Waals surface area contributed by atoms with Gasteiger partial charge >= 0.3 is 0 Å². The monoisotopic (exact) mass is 474 g/mol. The fourth-order valence-corrected chi connectivity index (χ4v) is 4.52. The van der Waals surface area contributed by atoms with Crippen LogP contribution in [0.4, 0.5) is 5.69 Å². The standard InChI is InChI=1S/C24H34N4O4S/c1-23(2,3)32-22-21-20(25-16-26-22)19(27(4)24(13-29,14-30)15-33-5)11-28(21)17-31-12-18-9-7-6-8-10-18/h6-11,16,29-30H,12-15,17H2,1-5H3. The SMILES string of the molecule is CSCC(CO)(CO)N(C)c1cn(COCc2ccccc2)c2c(OC(C)(C)C)ncnc12. The Morgan fingerprint density at radius 2 is 1.79 bits per heavy atom. The second kappa shape index (κ2) is 10.7. The minimum atomic E-state index is -0.848. The van der Waals surface area contributed by atoms with Gasteiger partial charge in [0.1, 0.15) is 29.7 Å². The number of aliphatic hydroxyl groups excluding tert-OH is 2. The van der Waals surface area contributed by atoms with Crippen LogP contribution in [0.3, 0.4) is 0 Å². The molecule has 0 aliphatic rings. The summed E-state index contributed by atoms with van der Waals surface area (Å²) >= 11 is 1.56. The molecule has 8 nitrogen and oxygen atoms in total. The highest BCUT2D eigenvalue weighted by molar-refractivity contribution is 7.98. The van der Waals surface area contributed by atoms with Crippen molar-refractivity contribution < 1.29 is 19.7 Å². The summed E-state index contributed by atoms with van der Waals surface area (Å²) in [4.78, 5) is 10.8. The van der Waals surface area contributed by atoms with Crippen LogP contribution in [-0.2, 0) is 18.1 Å². The molecule has 0 aliphatic heterocycles. The lowest BCUT2D eigenvalue weighted by atomic mass is 10.0. The maximum atomic E-state index is 10.2. The van der Waals surface area contributed by atoms with Crippen molar-refractivity contribution >= 4 is 28.5 Å². The van der Waals surface area contributed by atoms with Crippen molar-refractivity contribution in [2.45, 2.75) is 45.2 Å². The first kappa shape index (κ1) is 25.3. The third-order valence-corrected chi connectivity index (χ3v) is 6.24. The topological polar surface area (TPSA) is 92.9 Å². The molecule has 0 amide bonds. The largest absolute Gasteiger partial charge is 0.470 e. The molecule has 2 N–H and O–H groups in total. The lowest BCUT2D eigenvalue weighted by molar-refractivity contribution is 0.0655. The quantitative estimate of drug-likeness (QED) is 0.437. The van der Waals surface area contributed by atoms with Crippen molar-refractivity contribution in [2.24, 2.45) is 0 Å². The predicted molar refractivity (Wildman–Crippen MR) is 133 cm³/mol. The van der Waals surface area contributed by atoms with Crippen molar-refractivity contribution in [2.75, 3.05) is 37.2 Å². The first-order chi connectivity index (χ1) is 15.7. The minimum absolute atomic E-state index is 0.200. The van der Waals surface area contributed by atoms with E-state index >= 15 is 0 Å². The van der Waals surface area contributed by atoms with E-state index in [0.717, 1.165) is 11.3 Å². The van der Waals surface area contributed by atoms with Crippen LogP contribution in [0.25, 0.3) is 11.0 Å². The number of hydrogen-bond donors (Lipinski definition) is 2. The maximum Gasteiger partial charge on any atom is 0.242 e. The molecule has 9 heteroatoms. The molecule has 0 atom stereocenters. The molecule has 2 heterocycles. The Morgan fingerprint density at radius 1 is 1.09 bits per heavy atom. The zero-order chi connectivity index (χ0) is 24.1. The Kier molecular flexibility index (Phi) is 8.23. The Balaban J connectivity index is 2.04. The maximum absolute atomic E-state index is 10.2. The second-order valence-corrected chi connectivity index (χ2v) is 9.94. The van der Waals surface area contributed by atoms with Crippen molar-refractivity contribution in [3.05, 3.63) is 48.4 Å². The van der Waals surface area contributed by atoms with Crippen LogP contribution in [-0.4, -0.2) is 68.2 Å². The number of hydrogen-bond acceptors (Lipinski definition) is 8. The molecule has 0 bridgehead atoms. The van der Waals surface area contributed by atoms with Gasteiger partial charge in [0.05, 0.1) is 31.0 Å². The van der Waals surface area contributed by atoms with Crippen molar-refractivity contribution in [1.29, 1.82) is 0 Å². The summed E-state index contributed by atoms with van der Waals surface area (Å²) in [6.07, 6.45) is 5.34. The highest BCUT2D eigenvalue weighted by Gasteiger charge is 2.36. The summed E-state index contributed by atoms with van der Waals surface area (Å²) in [6, 6.07) is 9.97. The van der Waals surface area contributed by atoms with Crippen LogP contribution in [0.1, 0.15) is 26.3 Å². The molecule has 0 radical (unpaired) electrons. The third kappa shape index (κ3) is 5.78. The summed E-state index contributed by atoms with van der Waals surface area (Å²) in [5, 5.41) is 20.4. The fraction of sp³-hybridized carbons (Fsp3) is 0.500. The zero-order valence-electron chi connectivity index (χ0n) is 20.0. The molecule has 180 valence electrons. The number of likely N-dealkylation sites (N-methyl/N-ethyl adjacent to an activating group) is 1. The minimum Gasteiger partial charge on any atom is -0.470 e. The number of aromatic nitrogens is 3. The van der Waals surface area contributed by atoms with Gasteiger partial charge in [0.2, 0.25) is 5.88 Å². The van der Waals surface area contributed by atoms with Crippen LogP contribution >= 0.6 is 11.8 Å². The lowest BCUT2D eigenvalue weighted by Crippen LogP contribution is -2.55. The number of ether oxygens (including phenoxy) is 2. The van der Waals surface area contributed by atoms with E-state index in [2.05, 4.69) is 9.97 Å². The first-order valence-corrected chi connectivity index (χ1v) is 12.2. The van der Waals surface area contributed by atoms with E-state index in [1.165, 1.54) is 6.33 Å². The van der Waals surface area contributed by atoms with Gasteiger partial charge in [-0.3, -0.25) is 0 Å². The molecule has 33 heavy (non-hydrogen) atoms. The average molecular weight is 475 g/mol. The molecule has 0 unspecified atom stereocenters. The van der Waals surface area contributed by atoms with E-state index in [1.54, 1.807) is 11.8 Å². The summed E-state index contributed by atoms with van der Waals surface area (Å²) in [5.74, 6) is 1.00. The van der Waals surface area contributed by atoms with E-state index in [9.17, 15) is 10.2 Å². The predicted octanol–water partition coefficient (Wildman–Crippen LogP) is 3.31. The highest BCUT2D eigenvalue weighted by Crippen LogP contribution is 2.36. The number of benzene rings is 1. The van der Waals surface area contributed by atoms with Gasteiger partial charge in [-0.15, -0.1) is 0 Å². The average Bonchev–Trinajstić information content (AvgIpc) is 3.16. The highest BCUT2D eigenvalue weighted by atomic mass is 32.2. The molecule has 1 aromatic carbocycles. The van der Waals surface area contributed by atoms with E-state index in [-0.39, 0.29) is 19.9 Å². The molecule has 0 saturated heterocycles. The van der Waals surface area contributed by atoms with Crippen LogP contribution in [0.15, 0.2) is 42.9 Å². The van der Waals surface area contributed by atoms with Gasteiger partial charge in [0.15, 0.2) is 0 Å². The van der Waals surface area contributed by atoms with Gasteiger partial charge in [0, 0.05) is 19.0 Å². The fourth-order valence-electron chi connectivity index (χ4n) is 3.60. The zero-order valence-corrected chi connectivity index (χ0v) is 20.8. The Labute approximate surface area is 199 Å². The van der Waals surface area contributed by atoms with Crippen molar-refractivity contribution in [3.63, 3.8) is 0 Å². The summed E-state index contributed by atoms with van der Waals surface area (Å²) in [5.41, 5.74) is 1.91. The van der Waals surface area contributed by atoms with Crippen molar-refractivity contribution in [1.82, 2.24) is 14.5 Å². The summed E-state index contributed by atoms with van der Waals surface area (Å²) in [7, 11) is 1.86. The summed E-state index contributed by atoms with van der Waals surface area (Å²) < 4.78 is 14.1. The van der Waals surface area contributed by atoms with Crippen molar-refractivity contribution in [3.8, 4) is 5.88 Å². The van der Waals surface area contributed by atoms with E-state index in [0.29, 0.717) is 29.3 Å². The molecule has 0 saturated carbocycles. The van der Waals surface area contributed by atoms with Gasteiger partial charge in [0.25, 0.3) is 0 Å². The van der Waals surface area contributed by atoms with Crippen LogP contribution in [0, 0.1) is 0 Å². The van der Waals surface area contributed by atoms with Gasteiger partial charge < -0.3 is 29.2 Å². The van der Waals surface area contributed by atoms with Crippen LogP contribution in [0.2, 0.25) is 0 Å². The van der Waals surface area contributed by atoms with Gasteiger partial charge in [-0.2, -0.15) is 16.7 Å². The number of thioether (sulfide) groups is 1. The third-order valence-electron chi connectivity index (χ3n) is 5.42. The molecular weight excluding hydrogens is 440 g/mol. The van der Waals surface area contributed by atoms with E-state index in [1.807, 2.05) is 80.1 Å². The Morgan fingerprint density at radius 3 is 2.39 bits per heavy atom. The number of rotatable bonds is 11. The molecule has 3 aromatic rings. The molecule has 0 fully saturated rings. The van der Waals surface area contributed by atoms with E-state index in [4.69, 9.17) is 9.47 Å². The van der Waals surface area contributed by atoms with Gasteiger partial charge in [-0.05, 0) is 32.6 Å². The second-order valence-electron chi connectivity index (χ2n) is 9.07. The smallest absolute Gasteiger partial charge is 0.242 e.